The number of aryl methyl sites for hydroxylation is 1. The molecular formula is C17H18F3N5O2S. The van der Waals surface area contributed by atoms with Crippen LogP contribution in [0.15, 0.2) is 42.9 Å². The Kier molecular flexibility index (Phi) is 6.73. The molecule has 0 aliphatic rings. The van der Waals surface area contributed by atoms with E-state index in [1.54, 1.807) is 12.3 Å². The van der Waals surface area contributed by atoms with Crippen LogP contribution in [0.5, 0.6) is 0 Å². The van der Waals surface area contributed by atoms with Crippen LogP contribution in [0.1, 0.15) is 24.7 Å². The molecule has 0 saturated heterocycles. The van der Waals surface area contributed by atoms with Crippen molar-refractivity contribution in [1.82, 2.24) is 9.97 Å². The maximum Gasteiger partial charge on any atom is 0.516 e. The maximum atomic E-state index is 12.4. The van der Waals surface area contributed by atoms with Gasteiger partial charge in [0.25, 0.3) is 0 Å². The van der Waals surface area contributed by atoms with E-state index in [0.717, 1.165) is 42.7 Å². The summed E-state index contributed by atoms with van der Waals surface area (Å²) < 4.78 is 60.8. The zero-order chi connectivity index (χ0) is 20.8. The molecule has 0 spiro atoms. The monoisotopic (exact) mass is 413 g/mol. The Morgan fingerprint density at radius 3 is 2.54 bits per heavy atom. The van der Waals surface area contributed by atoms with Crippen LogP contribution in [0.3, 0.4) is 0 Å². The molecule has 3 N–H and O–H groups in total. The van der Waals surface area contributed by atoms with E-state index in [9.17, 15) is 21.6 Å². The van der Waals surface area contributed by atoms with E-state index in [1.165, 1.54) is 17.0 Å². The van der Waals surface area contributed by atoms with Crippen LogP contribution in [-0.4, -0.2) is 30.1 Å². The number of hydrogen-bond donors (Lipinski definition) is 3. The molecule has 2 rings (SSSR count). The van der Waals surface area contributed by atoms with E-state index < -0.39 is 15.5 Å². The molecule has 150 valence electrons. The van der Waals surface area contributed by atoms with Crippen molar-refractivity contribution < 1.29 is 21.6 Å². The van der Waals surface area contributed by atoms with E-state index >= 15 is 0 Å². The van der Waals surface area contributed by atoms with Crippen molar-refractivity contribution in [2.75, 3.05) is 10.0 Å². The van der Waals surface area contributed by atoms with Gasteiger partial charge in [-0.3, -0.25) is 14.7 Å². The molecule has 2 aromatic rings. The third-order valence-corrected chi connectivity index (χ3v) is 4.60. The molecule has 0 saturated carbocycles. The molecule has 0 aliphatic carbocycles. The van der Waals surface area contributed by atoms with Gasteiger partial charge >= 0.3 is 15.5 Å². The summed E-state index contributed by atoms with van der Waals surface area (Å²) in [5.74, 6) is 0. The van der Waals surface area contributed by atoms with Crippen LogP contribution in [0.2, 0.25) is 0 Å². The highest BCUT2D eigenvalue weighted by Gasteiger charge is 2.46. The fourth-order valence-electron chi connectivity index (χ4n) is 2.15. The molecule has 2 aromatic heterocycles. The lowest BCUT2D eigenvalue weighted by Gasteiger charge is -2.10. The highest BCUT2D eigenvalue weighted by molar-refractivity contribution is 7.93. The SMILES string of the molecule is CCCc1cc(N/C=C(\C=N)c2ccc(NS(=O)(=O)C(F)(F)F)cn2)ccn1. The number of aromatic nitrogens is 2. The van der Waals surface area contributed by atoms with Crippen molar-refractivity contribution in [2.24, 2.45) is 0 Å². The summed E-state index contributed by atoms with van der Waals surface area (Å²) in [6.45, 7) is 2.04. The van der Waals surface area contributed by atoms with Gasteiger partial charge in [0.1, 0.15) is 0 Å². The molecule has 0 aromatic carbocycles. The molecule has 0 aliphatic heterocycles. The predicted molar refractivity (Wildman–Crippen MR) is 101 cm³/mol. The molecule has 2 heterocycles. The zero-order valence-electron chi connectivity index (χ0n) is 14.8. The number of allylic oxidation sites excluding steroid dienone is 1. The first kappa shape index (κ1) is 21.4. The number of alkyl halides is 3. The average molecular weight is 413 g/mol. The smallest absolute Gasteiger partial charge is 0.361 e. The fourth-order valence-corrected chi connectivity index (χ4v) is 2.70. The summed E-state index contributed by atoms with van der Waals surface area (Å²) >= 11 is 0. The van der Waals surface area contributed by atoms with Crippen LogP contribution in [-0.2, 0) is 16.4 Å². The lowest BCUT2D eigenvalue weighted by molar-refractivity contribution is -0.0429. The standard InChI is InChI=1S/C17H18F3N5O2S/c1-2-3-13-8-14(6-7-22-13)23-10-12(9-21)16-5-4-15(11-24-16)25-28(26,27)17(18,19)20/h4-11,21,25H,2-3H2,1H3,(H,22,23)/b12-10+,21-9?. The molecule has 7 nitrogen and oxygen atoms in total. The van der Waals surface area contributed by atoms with Crippen LogP contribution in [0.25, 0.3) is 5.57 Å². The second kappa shape index (κ2) is 8.83. The number of anilines is 2. The van der Waals surface area contributed by atoms with Crippen molar-refractivity contribution in [2.45, 2.75) is 25.3 Å². The van der Waals surface area contributed by atoms with Gasteiger partial charge in [0.05, 0.1) is 17.6 Å². The van der Waals surface area contributed by atoms with Gasteiger partial charge in [0, 0.05) is 35.6 Å². The van der Waals surface area contributed by atoms with Gasteiger partial charge < -0.3 is 10.7 Å². The van der Waals surface area contributed by atoms with Gasteiger partial charge in [0.2, 0.25) is 0 Å². The minimum atomic E-state index is -5.51. The lowest BCUT2D eigenvalue weighted by Crippen LogP contribution is -2.29. The number of nitrogens with one attached hydrogen (secondary N) is 3. The third-order valence-electron chi connectivity index (χ3n) is 3.49. The summed E-state index contributed by atoms with van der Waals surface area (Å²) in [5.41, 5.74) is -3.46. The number of hydrogen-bond acceptors (Lipinski definition) is 6. The van der Waals surface area contributed by atoms with E-state index in [2.05, 4.69) is 15.3 Å². The Balaban J connectivity index is 2.15. The van der Waals surface area contributed by atoms with Gasteiger partial charge in [0.15, 0.2) is 0 Å². The topological polar surface area (TPSA) is 108 Å². The largest absolute Gasteiger partial charge is 0.516 e. The number of halogens is 3. The van der Waals surface area contributed by atoms with Crippen LogP contribution >= 0.6 is 0 Å². The summed E-state index contributed by atoms with van der Waals surface area (Å²) in [5, 5.41) is 10.5. The maximum absolute atomic E-state index is 12.4. The molecule has 0 unspecified atom stereocenters. The quantitative estimate of drug-likeness (QED) is 0.571. The van der Waals surface area contributed by atoms with Crippen LogP contribution in [0, 0.1) is 5.41 Å². The third kappa shape index (κ3) is 5.52. The van der Waals surface area contributed by atoms with Crippen molar-refractivity contribution in [3.8, 4) is 0 Å². The van der Waals surface area contributed by atoms with E-state index in [4.69, 9.17) is 5.41 Å². The molecular weight excluding hydrogens is 395 g/mol. The van der Waals surface area contributed by atoms with Crippen molar-refractivity contribution >= 4 is 33.2 Å². The van der Waals surface area contributed by atoms with Crippen molar-refractivity contribution in [3.05, 3.63) is 54.2 Å². The predicted octanol–water partition coefficient (Wildman–Crippen LogP) is 3.79. The summed E-state index contributed by atoms with van der Waals surface area (Å²) in [7, 11) is -5.51. The highest BCUT2D eigenvalue weighted by Crippen LogP contribution is 2.25. The highest BCUT2D eigenvalue weighted by atomic mass is 32.2. The Bertz CT molecular complexity index is 958. The zero-order valence-corrected chi connectivity index (χ0v) is 15.6. The first-order valence-electron chi connectivity index (χ1n) is 8.14. The second-order valence-corrected chi connectivity index (χ2v) is 7.33. The van der Waals surface area contributed by atoms with Gasteiger partial charge in [-0.1, -0.05) is 13.3 Å². The van der Waals surface area contributed by atoms with Crippen molar-refractivity contribution in [1.29, 1.82) is 5.41 Å². The Morgan fingerprint density at radius 1 is 1.21 bits per heavy atom. The van der Waals surface area contributed by atoms with Crippen molar-refractivity contribution in [3.63, 3.8) is 0 Å². The fraction of sp³-hybridized carbons (Fsp3) is 0.235. The second-order valence-electron chi connectivity index (χ2n) is 5.66. The minimum absolute atomic E-state index is 0.278. The summed E-state index contributed by atoms with van der Waals surface area (Å²) in [6, 6.07) is 6.06. The minimum Gasteiger partial charge on any atom is -0.361 e. The van der Waals surface area contributed by atoms with E-state index in [0.29, 0.717) is 5.57 Å². The number of sulfonamides is 1. The molecule has 28 heavy (non-hydrogen) atoms. The molecule has 0 fully saturated rings. The van der Waals surface area contributed by atoms with Crippen LogP contribution < -0.4 is 10.0 Å². The number of rotatable bonds is 8. The van der Waals surface area contributed by atoms with Gasteiger partial charge in [-0.25, -0.2) is 0 Å². The first-order chi connectivity index (χ1) is 13.2. The lowest BCUT2D eigenvalue weighted by atomic mass is 10.2. The molecule has 0 amide bonds. The summed E-state index contributed by atoms with van der Waals surface area (Å²) in [6.07, 6.45) is 6.91. The van der Waals surface area contributed by atoms with E-state index in [-0.39, 0.29) is 11.4 Å². The molecule has 0 radical (unpaired) electrons. The van der Waals surface area contributed by atoms with Gasteiger partial charge in [-0.15, -0.1) is 0 Å². The van der Waals surface area contributed by atoms with Gasteiger partial charge in [-0.05, 0) is 30.7 Å². The molecule has 0 atom stereocenters. The average Bonchev–Trinajstić information content (AvgIpc) is 2.63. The Morgan fingerprint density at radius 2 is 1.96 bits per heavy atom. The van der Waals surface area contributed by atoms with Gasteiger partial charge in [-0.2, -0.15) is 21.6 Å². The van der Waals surface area contributed by atoms with E-state index in [1.807, 2.05) is 13.0 Å². The number of pyridine rings is 2. The first-order valence-corrected chi connectivity index (χ1v) is 9.62. The number of nitrogens with zero attached hydrogens (tertiary/aromatic N) is 2. The Labute approximate surface area is 160 Å². The molecule has 0 bridgehead atoms. The normalized spacial score (nSPS) is 12.5. The van der Waals surface area contributed by atoms with Crippen LogP contribution in [0.4, 0.5) is 24.5 Å². The summed E-state index contributed by atoms with van der Waals surface area (Å²) in [4.78, 5) is 8.15. The molecule has 11 heteroatoms. The Hall–Kier alpha value is -2.95.